The van der Waals surface area contributed by atoms with Gasteiger partial charge in [-0.15, -0.1) is 0 Å². The molecule has 2 aromatic carbocycles. The summed E-state index contributed by atoms with van der Waals surface area (Å²) in [4.78, 5) is 27.6. The fraction of sp³-hybridized carbons (Fsp3) is 0.588. The van der Waals surface area contributed by atoms with Gasteiger partial charge in [-0.3, -0.25) is 4.79 Å². The zero-order chi connectivity index (χ0) is 27.2. The van der Waals surface area contributed by atoms with Gasteiger partial charge in [-0.05, 0) is 84.7 Å². The second-order valence-corrected chi connectivity index (χ2v) is 13.1. The monoisotopic (exact) mass is 529 g/mol. The molecule has 2 aromatic rings. The smallest absolute Gasteiger partial charge is 0.333 e. The van der Waals surface area contributed by atoms with Gasteiger partial charge in [0.15, 0.2) is 6.10 Å². The van der Waals surface area contributed by atoms with Crippen LogP contribution in [-0.4, -0.2) is 42.6 Å². The van der Waals surface area contributed by atoms with Crippen molar-refractivity contribution >= 4 is 11.9 Å². The van der Waals surface area contributed by atoms with Crippen LogP contribution in [0.2, 0.25) is 0 Å². The molecule has 1 aliphatic heterocycles. The van der Waals surface area contributed by atoms with E-state index in [9.17, 15) is 9.59 Å². The van der Waals surface area contributed by atoms with Gasteiger partial charge >= 0.3 is 5.97 Å². The van der Waals surface area contributed by atoms with Crippen LogP contribution in [0, 0.1) is 28.6 Å². The van der Waals surface area contributed by atoms with Crippen molar-refractivity contribution in [2.45, 2.75) is 83.5 Å². The lowest BCUT2D eigenvalue weighted by Crippen LogP contribution is -2.61. The summed E-state index contributed by atoms with van der Waals surface area (Å²) in [5.74, 6) is 1.99. The van der Waals surface area contributed by atoms with E-state index in [2.05, 4.69) is 18.7 Å². The van der Waals surface area contributed by atoms with Crippen molar-refractivity contribution in [2.75, 3.05) is 13.7 Å². The van der Waals surface area contributed by atoms with E-state index >= 15 is 0 Å². The lowest BCUT2D eigenvalue weighted by molar-refractivity contribution is -0.168. The summed E-state index contributed by atoms with van der Waals surface area (Å²) in [6.45, 7) is 4.87. The number of hydrogen-bond acceptors (Lipinski definition) is 4. The number of benzene rings is 2. The maximum absolute atomic E-state index is 13.1. The Kier molecular flexibility index (Phi) is 7.07. The van der Waals surface area contributed by atoms with Crippen molar-refractivity contribution in [1.82, 2.24) is 4.90 Å². The highest BCUT2D eigenvalue weighted by Crippen LogP contribution is 2.65. The van der Waals surface area contributed by atoms with E-state index in [1.807, 2.05) is 67.7 Å². The maximum Gasteiger partial charge on any atom is 0.333 e. The number of hydrogen-bond donors (Lipinski definition) is 0. The minimum atomic E-state index is -0.442. The Morgan fingerprint density at radius 2 is 1.51 bits per heavy atom. The predicted molar refractivity (Wildman–Crippen MR) is 151 cm³/mol. The molecule has 4 aliphatic rings. The van der Waals surface area contributed by atoms with Gasteiger partial charge in [0.1, 0.15) is 6.61 Å². The molecule has 3 aliphatic carbocycles. The molecule has 0 aromatic heterocycles. The second kappa shape index (κ2) is 10.4. The molecule has 1 saturated heterocycles. The van der Waals surface area contributed by atoms with Crippen molar-refractivity contribution in [2.24, 2.45) is 28.6 Å². The number of carbonyl (C=O) groups is 2. The van der Waals surface area contributed by atoms with Crippen LogP contribution in [0.4, 0.5) is 0 Å². The van der Waals surface area contributed by atoms with Gasteiger partial charge in [-0.25, -0.2) is 4.79 Å². The van der Waals surface area contributed by atoms with Crippen molar-refractivity contribution in [3.8, 4) is 0 Å². The first-order chi connectivity index (χ1) is 18.8. The molecular weight excluding hydrogens is 486 g/mol. The SMILES string of the molecule is CN1C(=O)CC[C@]2(C)C3CC[C@@]4(C)C(CC[C@@H]4OCC(=O)OC(c4ccccc4)c4ccccc4)C3CC[C@@H]12. The number of fused-ring (bicyclic) bond motifs is 5. The number of esters is 1. The maximum atomic E-state index is 13.1. The predicted octanol–water partition coefficient (Wildman–Crippen LogP) is 6.57. The molecule has 3 saturated carbocycles. The van der Waals surface area contributed by atoms with Crippen LogP contribution in [0.1, 0.15) is 82.4 Å². The summed E-state index contributed by atoms with van der Waals surface area (Å²) < 4.78 is 12.5. The van der Waals surface area contributed by atoms with Crippen LogP contribution in [-0.2, 0) is 19.1 Å². The van der Waals surface area contributed by atoms with E-state index in [1.54, 1.807) is 0 Å². The Balaban J connectivity index is 1.12. The van der Waals surface area contributed by atoms with E-state index < -0.39 is 6.10 Å². The lowest BCUT2D eigenvalue weighted by Gasteiger charge is -2.61. The molecule has 0 N–H and O–H groups in total. The Labute approximate surface area is 233 Å². The molecule has 7 atom stereocenters. The zero-order valence-electron chi connectivity index (χ0n) is 23.7. The highest BCUT2D eigenvalue weighted by atomic mass is 16.6. The molecule has 1 amide bonds. The van der Waals surface area contributed by atoms with Crippen LogP contribution in [0.15, 0.2) is 60.7 Å². The molecule has 208 valence electrons. The molecule has 5 heteroatoms. The summed E-state index contributed by atoms with van der Waals surface area (Å²) in [5.41, 5.74) is 2.24. The molecule has 39 heavy (non-hydrogen) atoms. The Hall–Kier alpha value is -2.66. The fourth-order valence-corrected chi connectivity index (χ4v) is 9.29. The minimum absolute atomic E-state index is 0.00999. The molecule has 1 heterocycles. The third-order valence-electron chi connectivity index (χ3n) is 11.3. The van der Waals surface area contributed by atoms with Gasteiger partial charge in [-0.1, -0.05) is 74.5 Å². The molecule has 0 radical (unpaired) electrons. The van der Waals surface area contributed by atoms with Gasteiger partial charge in [-0.2, -0.15) is 0 Å². The number of carbonyl (C=O) groups excluding carboxylic acids is 2. The molecule has 6 rings (SSSR count). The van der Waals surface area contributed by atoms with E-state index in [1.165, 1.54) is 19.3 Å². The van der Waals surface area contributed by atoms with Gasteiger partial charge in [0, 0.05) is 19.5 Å². The zero-order valence-corrected chi connectivity index (χ0v) is 23.7. The normalized spacial score (nSPS) is 35.7. The number of likely N-dealkylation sites (tertiary alicyclic amines) is 1. The van der Waals surface area contributed by atoms with Gasteiger partial charge < -0.3 is 14.4 Å². The van der Waals surface area contributed by atoms with Crippen molar-refractivity contribution in [3.05, 3.63) is 71.8 Å². The van der Waals surface area contributed by atoms with E-state index in [0.29, 0.717) is 36.1 Å². The van der Waals surface area contributed by atoms with Crippen LogP contribution >= 0.6 is 0 Å². The van der Waals surface area contributed by atoms with Crippen LogP contribution in [0.25, 0.3) is 0 Å². The first kappa shape index (κ1) is 26.6. The van der Waals surface area contributed by atoms with Crippen LogP contribution in [0.5, 0.6) is 0 Å². The second-order valence-electron chi connectivity index (χ2n) is 13.1. The summed E-state index contributed by atoms with van der Waals surface area (Å²) in [6.07, 6.45) is 8.19. The first-order valence-electron chi connectivity index (χ1n) is 15.0. The van der Waals surface area contributed by atoms with Crippen molar-refractivity contribution < 1.29 is 19.1 Å². The quantitative estimate of drug-likeness (QED) is 0.397. The number of ether oxygens (including phenoxy) is 2. The highest BCUT2D eigenvalue weighted by Gasteiger charge is 2.61. The third-order valence-corrected chi connectivity index (χ3v) is 11.3. The Morgan fingerprint density at radius 1 is 0.872 bits per heavy atom. The molecule has 5 nitrogen and oxygen atoms in total. The third kappa shape index (κ3) is 4.61. The Bertz CT molecular complexity index is 1140. The van der Waals surface area contributed by atoms with Crippen molar-refractivity contribution in [1.29, 1.82) is 0 Å². The fourth-order valence-electron chi connectivity index (χ4n) is 9.29. The van der Waals surface area contributed by atoms with Gasteiger partial charge in [0.2, 0.25) is 5.91 Å². The summed E-state index contributed by atoms with van der Waals surface area (Å²) in [7, 11) is 2.02. The van der Waals surface area contributed by atoms with E-state index in [-0.39, 0.29) is 29.5 Å². The minimum Gasteiger partial charge on any atom is -0.451 e. The molecule has 3 unspecified atom stereocenters. The average molecular weight is 530 g/mol. The number of amides is 1. The highest BCUT2D eigenvalue weighted by molar-refractivity contribution is 5.77. The molecule has 0 spiro atoms. The number of piperidine rings is 1. The molecule has 4 fully saturated rings. The van der Waals surface area contributed by atoms with E-state index in [4.69, 9.17) is 9.47 Å². The number of nitrogens with zero attached hydrogens (tertiary/aromatic N) is 1. The summed E-state index contributed by atoms with van der Waals surface area (Å²) in [6, 6.07) is 20.2. The number of rotatable bonds is 6. The molecule has 0 bridgehead atoms. The van der Waals surface area contributed by atoms with Crippen molar-refractivity contribution in [3.63, 3.8) is 0 Å². The summed E-state index contributed by atoms with van der Waals surface area (Å²) in [5, 5.41) is 0. The van der Waals surface area contributed by atoms with E-state index in [0.717, 1.165) is 36.8 Å². The van der Waals surface area contributed by atoms with Crippen LogP contribution < -0.4 is 0 Å². The molecular formula is C34H43NO4. The summed E-state index contributed by atoms with van der Waals surface area (Å²) >= 11 is 0. The van der Waals surface area contributed by atoms with Gasteiger partial charge in [0.05, 0.1) is 6.10 Å². The largest absolute Gasteiger partial charge is 0.451 e. The first-order valence-corrected chi connectivity index (χ1v) is 15.0. The average Bonchev–Trinajstić information content (AvgIpc) is 3.30. The van der Waals surface area contributed by atoms with Gasteiger partial charge in [0.25, 0.3) is 0 Å². The Morgan fingerprint density at radius 3 is 2.18 bits per heavy atom. The standard InChI is InChI=1S/C34H43NO4/c1-33-21-19-30(36)35(3)28(33)16-14-25-26-15-17-29(34(26,2)20-18-27(25)33)38-22-31(37)39-32(23-10-6-4-7-11-23)24-12-8-5-9-13-24/h4-13,25-29,32H,14-22H2,1-3H3/t25?,26?,27?,28-,29+,33-,34+/m1/s1. The lowest BCUT2D eigenvalue weighted by atomic mass is 9.47. The van der Waals surface area contributed by atoms with Crippen LogP contribution in [0.3, 0.4) is 0 Å². The topological polar surface area (TPSA) is 55.8 Å².